The topological polar surface area (TPSA) is 33.1 Å². The Hall–Kier alpha value is -1.03. The van der Waals surface area contributed by atoms with Crippen LogP contribution < -0.4 is 10.2 Å². The lowest BCUT2D eigenvalue weighted by Gasteiger charge is -2.37. The number of rotatable bonds is 3. The second-order valence-electron chi connectivity index (χ2n) is 5.73. The van der Waals surface area contributed by atoms with Gasteiger partial charge in [-0.05, 0) is 32.2 Å². The third-order valence-corrected chi connectivity index (χ3v) is 4.30. The van der Waals surface area contributed by atoms with E-state index in [4.69, 9.17) is 0 Å². The Morgan fingerprint density at radius 2 is 2.06 bits per heavy atom. The molecule has 0 saturated carbocycles. The predicted octanol–water partition coefficient (Wildman–Crippen LogP) is 1.93. The summed E-state index contributed by atoms with van der Waals surface area (Å²) < 4.78 is 2.05. The smallest absolute Gasteiger partial charge is 0.131 e. The van der Waals surface area contributed by atoms with Crippen molar-refractivity contribution in [3.8, 4) is 0 Å². The van der Waals surface area contributed by atoms with Crippen molar-refractivity contribution in [1.82, 2.24) is 15.1 Å². The second kappa shape index (κ2) is 5.31. The van der Waals surface area contributed by atoms with E-state index in [1.807, 2.05) is 11.7 Å². The second-order valence-corrected chi connectivity index (χ2v) is 5.73. The fourth-order valence-electron chi connectivity index (χ4n) is 2.92. The molecule has 4 nitrogen and oxygen atoms in total. The SMILES string of the molecule is CNCc1c(C)nn(C)c1N1CCC(C)C(C)C1. The first-order valence-electron chi connectivity index (χ1n) is 6.96. The van der Waals surface area contributed by atoms with Crippen molar-refractivity contribution >= 4 is 5.82 Å². The predicted molar refractivity (Wildman–Crippen MR) is 75.9 cm³/mol. The van der Waals surface area contributed by atoms with E-state index in [9.17, 15) is 0 Å². The average Bonchev–Trinajstić information content (AvgIpc) is 2.59. The summed E-state index contributed by atoms with van der Waals surface area (Å²) in [5.41, 5.74) is 2.50. The van der Waals surface area contributed by atoms with Gasteiger partial charge in [-0.25, -0.2) is 0 Å². The van der Waals surface area contributed by atoms with E-state index in [1.165, 1.54) is 17.8 Å². The van der Waals surface area contributed by atoms with E-state index < -0.39 is 0 Å². The van der Waals surface area contributed by atoms with E-state index in [0.717, 1.165) is 37.2 Å². The van der Waals surface area contributed by atoms with Gasteiger partial charge in [-0.15, -0.1) is 0 Å². The van der Waals surface area contributed by atoms with Crippen molar-refractivity contribution in [2.75, 3.05) is 25.0 Å². The van der Waals surface area contributed by atoms with Crippen molar-refractivity contribution in [2.45, 2.75) is 33.7 Å². The summed E-state index contributed by atoms with van der Waals surface area (Å²) in [5.74, 6) is 2.90. The first-order valence-corrected chi connectivity index (χ1v) is 6.96. The van der Waals surface area contributed by atoms with E-state index in [-0.39, 0.29) is 0 Å². The van der Waals surface area contributed by atoms with Crippen molar-refractivity contribution in [3.05, 3.63) is 11.3 Å². The first-order chi connectivity index (χ1) is 8.54. The Morgan fingerprint density at radius 1 is 1.33 bits per heavy atom. The zero-order chi connectivity index (χ0) is 13.3. The lowest BCUT2D eigenvalue weighted by atomic mass is 9.88. The Labute approximate surface area is 110 Å². The Balaban J connectivity index is 2.27. The zero-order valence-corrected chi connectivity index (χ0v) is 12.3. The Bertz CT molecular complexity index is 410. The van der Waals surface area contributed by atoms with Crippen LogP contribution in [0.1, 0.15) is 31.5 Å². The summed E-state index contributed by atoms with van der Waals surface area (Å²) in [6.07, 6.45) is 1.28. The summed E-state index contributed by atoms with van der Waals surface area (Å²) in [4.78, 5) is 2.51. The lowest BCUT2D eigenvalue weighted by molar-refractivity contribution is 0.321. The first kappa shape index (κ1) is 13.4. The highest BCUT2D eigenvalue weighted by molar-refractivity contribution is 5.50. The molecule has 0 amide bonds. The summed E-state index contributed by atoms with van der Waals surface area (Å²) in [6, 6.07) is 0. The minimum atomic E-state index is 0.761. The van der Waals surface area contributed by atoms with Gasteiger partial charge in [0, 0.05) is 32.2 Å². The van der Waals surface area contributed by atoms with Gasteiger partial charge < -0.3 is 10.2 Å². The van der Waals surface area contributed by atoms with Crippen LogP contribution in [0.25, 0.3) is 0 Å². The van der Waals surface area contributed by atoms with Crippen LogP contribution in [0.15, 0.2) is 0 Å². The molecule has 0 radical (unpaired) electrons. The molecule has 2 atom stereocenters. The highest BCUT2D eigenvalue weighted by Gasteiger charge is 2.26. The van der Waals surface area contributed by atoms with E-state index in [0.29, 0.717) is 0 Å². The molecule has 1 aromatic heterocycles. The highest BCUT2D eigenvalue weighted by atomic mass is 15.4. The third-order valence-electron chi connectivity index (χ3n) is 4.30. The van der Waals surface area contributed by atoms with Gasteiger partial charge in [-0.3, -0.25) is 4.68 Å². The van der Waals surface area contributed by atoms with Gasteiger partial charge >= 0.3 is 0 Å². The molecular formula is C14H26N4. The molecule has 1 aliphatic rings. The number of aryl methyl sites for hydroxylation is 2. The molecule has 1 saturated heterocycles. The fraction of sp³-hybridized carbons (Fsp3) is 0.786. The van der Waals surface area contributed by atoms with Crippen molar-refractivity contribution in [1.29, 1.82) is 0 Å². The number of nitrogens with one attached hydrogen (secondary N) is 1. The summed E-state index contributed by atoms with van der Waals surface area (Å²) in [7, 11) is 4.06. The lowest BCUT2D eigenvalue weighted by Crippen LogP contribution is -2.40. The highest BCUT2D eigenvalue weighted by Crippen LogP contribution is 2.30. The van der Waals surface area contributed by atoms with Gasteiger partial charge in [0.1, 0.15) is 5.82 Å². The van der Waals surface area contributed by atoms with Crippen LogP contribution in [-0.2, 0) is 13.6 Å². The minimum Gasteiger partial charge on any atom is -0.356 e. The molecule has 1 aliphatic heterocycles. The third kappa shape index (κ3) is 2.39. The molecule has 0 aromatic carbocycles. The van der Waals surface area contributed by atoms with Gasteiger partial charge in [-0.2, -0.15) is 5.10 Å². The molecule has 2 heterocycles. The Morgan fingerprint density at radius 3 is 2.67 bits per heavy atom. The molecule has 4 heteroatoms. The quantitative estimate of drug-likeness (QED) is 0.890. The van der Waals surface area contributed by atoms with E-state index >= 15 is 0 Å². The standard InChI is InChI=1S/C14H26N4/c1-10-6-7-18(9-11(10)2)14-13(8-15-4)12(3)16-17(14)5/h10-11,15H,6-9H2,1-5H3. The summed E-state index contributed by atoms with van der Waals surface area (Å²) >= 11 is 0. The average molecular weight is 250 g/mol. The molecule has 1 aromatic rings. The molecule has 0 bridgehead atoms. The molecule has 0 aliphatic carbocycles. The van der Waals surface area contributed by atoms with Crippen molar-refractivity contribution in [2.24, 2.45) is 18.9 Å². The van der Waals surface area contributed by atoms with Crippen LogP contribution in [0.3, 0.4) is 0 Å². The summed E-state index contributed by atoms with van der Waals surface area (Å²) in [5, 5.41) is 7.84. The number of nitrogens with zero attached hydrogens (tertiary/aromatic N) is 3. The number of hydrogen-bond donors (Lipinski definition) is 1. The van der Waals surface area contributed by atoms with Gasteiger partial charge in [0.25, 0.3) is 0 Å². The van der Waals surface area contributed by atoms with E-state index in [1.54, 1.807) is 0 Å². The van der Waals surface area contributed by atoms with Crippen LogP contribution in [-0.4, -0.2) is 29.9 Å². The van der Waals surface area contributed by atoms with E-state index in [2.05, 4.69) is 43.1 Å². The van der Waals surface area contributed by atoms with Crippen LogP contribution in [0, 0.1) is 18.8 Å². The maximum atomic E-state index is 4.58. The van der Waals surface area contributed by atoms with Crippen molar-refractivity contribution < 1.29 is 0 Å². The molecular weight excluding hydrogens is 224 g/mol. The largest absolute Gasteiger partial charge is 0.356 e. The maximum Gasteiger partial charge on any atom is 0.131 e. The molecule has 102 valence electrons. The zero-order valence-electron chi connectivity index (χ0n) is 12.3. The monoisotopic (exact) mass is 250 g/mol. The molecule has 2 rings (SSSR count). The molecule has 1 N–H and O–H groups in total. The number of hydrogen-bond acceptors (Lipinski definition) is 3. The van der Waals surface area contributed by atoms with Gasteiger partial charge in [-0.1, -0.05) is 13.8 Å². The minimum absolute atomic E-state index is 0.761. The van der Waals surface area contributed by atoms with Gasteiger partial charge in [0.15, 0.2) is 0 Å². The van der Waals surface area contributed by atoms with Crippen molar-refractivity contribution in [3.63, 3.8) is 0 Å². The fourth-order valence-corrected chi connectivity index (χ4v) is 2.92. The van der Waals surface area contributed by atoms with Gasteiger partial charge in [0.2, 0.25) is 0 Å². The van der Waals surface area contributed by atoms with Crippen LogP contribution in [0.5, 0.6) is 0 Å². The molecule has 0 spiro atoms. The van der Waals surface area contributed by atoms with Crippen LogP contribution in [0.2, 0.25) is 0 Å². The number of piperidine rings is 1. The molecule has 18 heavy (non-hydrogen) atoms. The Kier molecular flexibility index (Phi) is 3.95. The van der Waals surface area contributed by atoms with Crippen LogP contribution in [0.4, 0.5) is 5.82 Å². The summed E-state index contributed by atoms with van der Waals surface area (Å²) in [6.45, 7) is 10.0. The van der Waals surface area contributed by atoms with Crippen LogP contribution >= 0.6 is 0 Å². The molecule has 2 unspecified atom stereocenters. The number of aromatic nitrogens is 2. The normalized spacial score (nSPS) is 24.6. The van der Waals surface area contributed by atoms with Gasteiger partial charge in [0.05, 0.1) is 5.69 Å². The molecule has 1 fully saturated rings. The maximum absolute atomic E-state index is 4.58. The number of anilines is 1.